The SMILES string of the molecule is Cc1cc(F)c(N)c(C)c1S(=O)(=O)Nc1cccnc1Br. The lowest BCUT2D eigenvalue weighted by atomic mass is 10.1. The summed E-state index contributed by atoms with van der Waals surface area (Å²) < 4.78 is 41.4. The Morgan fingerprint density at radius 2 is 2.05 bits per heavy atom. The standard InChI is InChI=1S/C13H13BrFN3O2S/c1-7-6-9(15)11(16)8(2)12(7)21(19,20)18-10-4-3-5-17-13(10)14/h3-6,18H,16H2,1-2H3. The second-order valence-corrected chi connectivity index (χ2v) is 6.86. The molecule has 1 aromatic heterocycles. The molecule has 0 saturated heterocycles. The number of aryl methyl sites for hydroxylation is 1. The normalized spacial score (nSPS) is 11.4. The van der Waals surface area contributed by atoms with Gasteiger partial charge in [0.15, 0.2) is 0 Å². The van der Waals surface area contributed by atoms with E-state index in [1.807, 2.05) is 0 Å². The average molecular weight is 374 g/mol. The number of sulfonamides is 1. The first-order valence-electron chi connectivity index (χ1n) is 5.92. The van der Waals surface area contributed by atoms with Crippen molar-refractivity contribution in [3.05, 3.63) is 45.9 Å². The smallest absolute Gasteiger partial charge is 0.262 e. The minimum Gasteiger partial charge on any atom is -0.396 e. The molecule has 8 heteroatoms. The summed E-state index contributed by atoms with van der Waals surface area (Å²) in [6.45, 7) is 2.99. The Kier molecular flexibility index (Phi) is 4.20. The van der Waals surface area contributed by atoms with Gasteiger partial charge in [-0.15, -0.1) is 0 Å². The highest BCUT2D eigenvalue weighted by molar-refractivity contribution is 9.10. The molecule has 2 rings (SSSR count). The van der Waals surface area contributed by atoms with E-state index in [0.29, 0.717) is 10.3 Å². The molecule has 1 aromatic carbocycles. The lowest BCUT2D eigenvalue weighted by molar-refractivity contribution is 0.598. The molecule has 0 aliphatic heterocycles. The Hall–Kier alpha value is -1.67. The van der Waals surface area contributed by atoms with Crippen LogP contribution in [0.3, 0.4) is 0 Å². The molecule has 21 heavy (non-hydrogen) atoms. The molecule has 3 N–H and O–H groups in total. The zero-order valence-corrected chi connectivity index (χ0v) is 13.7. The third-order valence-electron chi connectivity index (χ3n) is 2.98. The molecule has 0 saturated carbocycles. The van der Waals surface area contributed by atoms with Crippen LogP contribution in [-0.2, 0) is 10.0 Å². The second-order valence-electron chi connectivity index (χ2n) is 4.49. The Bertz CT molecular complexity index is 809. The van der Waals surface area contributed by atoms with Gasteiger partial charge >= 0.3 is 0 Å². The number of halogens is 2. The van der Waals surface area contributed by atoms with Crippen molar-refractivity contribution in [1.29, 1.82) is 0 Å². The fourth-order valence-corrected chi connectivity index (χ4v) is 4.03. The maximum Gasteiger partial charge on any atom is 0.262 e. The van der Waals surface area contributed by atoms with Gasteiger partial charge in [-0.2, -0.15) is 0 Å². The largest absolute Gasteiger partial charge is 0.396 e. The number of pyridine rings is 1. The number of nitrogens with one attached hydrogen (secondary N) is 1. The summed E-state index contributed by atoms with van der Waals surface area (Å²) in [6.07, 6.45) is 1.52. The molecule has 0 atom stereocenters. The molecule has 2 aromatic rings. The molecule has 0 aliphatic carbocycles. The van der Waals surface area contributed by atoms with Gasteiger partial charge in [0.05, 0.1) is 16.3 Å². The Balaban J connectivity index is 2.56. The number of nitrogens with zero attached hydrogens (tertiary/aromatic N) is 1. The summed E-state index contributed by atoms with van der Waals surface area (Å²) in [6, 6.07) is 4.27. The third kappa shape index (κ3) is 3.01. The predicted molar refractivity (Wildman–Crippen MR) is 83.0 cm³/mol. The van der Waals surface area contributed by atoms with E-state index in [4.69, 9.17) is 5.73 Å². The quantitative estimate of drug-likeness (QED) is 0.639. The van der Waals surface area contributed by atoms with Gasteiger partial charge in [0, 0.05) is 6.20 Å². The first-order chi connectivity index (χ1) is 9.74. The molecule has 0 spiro atoms. The van der Waals surface area contributed by atoms with Crippen LogP contribution in [0.5, 0.6) is 0 Å². The Morgan fingerprint density at radius 3 is 2.67 bits per heavy atom. The van der Waals surface area contributed by atoms with Crippen LogP contribution in [0.1, 0.15) is 11.1 Å². The van der Waals surface area contributed by atoms with Crippen LogP contribution in [-0.4, -0.2) is 13.4 Å². The van der Waals surface area contributed by atoms with E-state index in [-0.39, 0.29) is 21.7 Å². The summed E-state index contributed by atoms with van der Waals surface area (Å²) in [7, 11) is -3.90. The Labute approximate surface area is 130 Å². The average Bonchev–Trinajstić information content (AvgIpc) is 2.38. The molecule has 0 aliphatic rings. The molecular weight excluding hydrogens is 361 g/mol. The van der Waals surface area contributed by atoms with Crippen LogP contribution in [0.15, 0.2) is 33.9 Å². The fourth-order valence-electron chi connectivity index (χ4n) is 2.00. The van der Waals surface area contributed by atoms with Crippen molar-refractivity contribution in [3.8, 4) is 0 Å². The van der Waals surface area contributed by atoms with Gasteiger partial charge in [0.2, 0.25) is 0 Å². The lowest BCUT2D eigenvalue weighted by Gasteiger charge is -2.15. The van der Waals surface area contributed by atoms with Gasteiger partial charge in [-0.05, 0) is 59.1 Å². The van der Waals surface area contributed by atoms with Crippen molar-refractivity contribution in [2.24, 2.45) is 0 Å². The minimum atomic E-state index is -3.90. The molecule has 1 heterocycles. The van der Waals surface area contributed by atoms with Crippen molar-refractivity contribution < 1.29 is 12.8 Å². The van der Waals surface area contributed by atoms with Crippen LogP contribution in [0.4, 0.5) is 15.8 Å². The van der Waals surface area contributed by atoms with Gasteiger partial charge in [-0.1, -0.05) is 0 Å². The zero-order valence-electron chi connectivity index (χ0n) is 11.3. The van der Waals surface area contributed by atoms with Crippen molar-refractivity contribution in [2.45, 2.75) is 18.7 Å². The maximum atomic E-state index is 13.5. The van der Waals surface area contributed by atoms with Crippen molar-refractivity contribution >= 4 is 37.3 Å². The second kappa shape index (κ2) is 5.61. The van der Waals surface area contributed by atoms with Crippen LogP contribution >= 0.6 is 15.9 Å². The number of rotatable bonds is 3. The van der Waals surface area contributed by atoms with E-state index in [1.165, 1.54) is 20.0 Å². The fraction of sp³-hybridized carbons (Fsp3) is 0.154. The highest BCUT2D eigenvalue weighted by Gasteiger charge is 2.23. The van der Waals surface area contributed by atoms with Crippen LogP contribution < -0.4 is 10.5 Å². The van der Waals surface area contributed by atoms with E-state index >= 15 is 0 Å². The topological polar surface area (TPSA) is 85.1 Å². The molecule has 0 radical (unpaired) electrons. The third-order valence-corrected chi connectivity index (χ3v) is 5.26. The van der Waals surface area contributed by atoms with Crippen molar-refractivity contribution in [1.82, 2.24) is 4.98 Å². The van der Waals surface area contributed by atoms with Gasteiger partial charge < -0.3 is 5.73 Å². The molecule has 0 amide bonds. The van der Waals surface area contributed by atoms with E-state index in [2.05, 4.69) is 25.6 Å². The number of nitrogen functional groups attached to an aromatic ring is 1. The van der Waals surface area contributed by atoms with E-state index in [1.54, 1.807) is 12.1 Å². The van der Waals surface area contributed by atoms with E-state index < -0.39 is 15.8 Å². The molecular formula is C13H13BrFN3O2S. The van der Waals surface area contributed by atoms with Gasteiger partial charge in [0.1, 0.15) is 10.4 Å². The van der Waals surface area contributed by atoms with Gasteiger partial charge in [-0.25, -0.2) is 17.8 Å². The zero-order chi connectivity index (χ0) is 15.8. The van der Waals surface area contributed by atoms with Gasteiger partial charge in [0.25, 0.3) is 10.0 Å². The summed E-state index contributed by atoms with van der Waals surface area (Å²) >= 11 is 3.16. The monoisotopic (exact) mass is 373 g/mol. The summed E-state index contributed by atoms with van der Waals surface area (Å²) in [5.41, 5.74) is 6.16. The van der Waals surface area contributed by atoms with Gasteiger partial charge in [-0.3, -0.25) is 4.72 Å². The Morgan fingerprint density at radius 1 is 1.38 bits per heavy atom. The minimum absolute atomic E-state index is 0.0304. The number of aromatic nitrogens is 1. The number of hydrogen-bond acceptors (Lipinski definition) is 4. The first kappa shape index (κ1) is 15.7. The highest BCUT2D eigenvalue weighted by Crippen LogP contribution is 2.30. The van der Waals surface area contributed by atoms with Crippen molar-refractivity contribution in [3.63, 3.8) is 0 Å². The van der Waals surface area contributed by atoms with Crippen LogP contribution in [0, 0.1) is 19.7 Å². The number of hydrogen-bond donors (Lipinski definition) is 2. The summed E-state index contributed by atoms with van der Waals surface area (Å²) in [5.74, 6) is -0.633. The van der Waals surface area contributed by atoms with Crippen LogP contribution in [0.2, 0.25) is 0 Å². The highest BCUT2D eigenvalue weighted by atomic mass is 79.9. The predicted octanol–water partition coefficient (Wildman–Crippen LogP) is 2.98. The first-order valence-corrected chi connectivity index (χ1v) is 8.20. The molecule has 112 valence electrons. The summed E-state index contributed by atoms with van der Waals surface area (Å²) in [4.78, 5) is 3.91. The molecule has 5 nitrogen and oxygen atoms in total. The number of benzene rings is 1. The molecule has 0 unspecified atom stereocenters. The number of anilines is 2. The maximum absolute atomic E-state index is 13.5. The lowest BCUT2D eigenvalue weighted by Crippen LogP contribution is -2.17. The van der Waals surface area contributed by atoms with E-state index in [9.17, 15) is 12.8 Å². The molecule has 0 fully saturated rings. The van der Waals surface area contributed by atoms with Crippen LogP contribution in [0.25, 0.3) is 0 Å². The van der Waals surface area contributed by atoms with Crippen molar-refractivity contribution in [2.75, 3.05) is 10.5 Å². The summed E-state index contributed by atoms with van der Waals surface area (Å²) in [5, 5.41) is 0. The molecule has 0 bridgehead atoms. The number of nitrogens with two attached hydrogens (primary N) is 1. The van der Waals surface area contributed by atoms with E-state index in [0.717, 1.165) is 6.07 Å².